The van der Waals surface area contributed by atoms with Crippen LogP contribution in [0.4, 0.5) is 4.39 Å². The van der Waals surface area contributed by atoms with Crippen molar-refractivity contribution in [3.63, 3.8) is 0 Å². The fraction of sp³-hybridized carbons (Fsp3) is 0.600. The van der Waals surface area contributed by atoms with Crippen LogP contribution in [0.15, 0.2) is 46.6 Å². The summed E-state index contributed by atoms with van der Waals surface area (Å²) in [6.07, 6.45) is 8.75. The third-order valence-electron chi connectivity index (χ3n) is 3.85. The third kappa shape index (κ3) is 15.9. The minimum Gasteiger partial charge on any atom is -0.302 e. The van der Waals surface area contributed by atoms with Gasteiger partial charge in [-0.2, -0.15) is 4.31 Å². The fourth-order valence-corrected chi connectivity index (χ4v) is 4.22. The van der Waals surface area contributed by atoms with Crippen molar-refractivity contribution in [2.75, 3.05) is 0 Å². The van der Waals surface area contributed by atoms with Crippen LogP contribution < -0.4 is 0 Å². The molecule has 0 rings (SSSR count). The average molecular weight is 468 g/mol. The van der Waals surface area contributed by atoms with Crippen LogP contribution in [0.2, 0.25) is 0 Å². The lowest BCUT2D eigenvalue weighted by Gasteiger charge is -2.24. The highest BCUT2D eigenvalue weighted by atomic mass is 31.3. The Morgan fingerprint density at radius 2 is 1.33 bits per heavy atom. The van der Waals surface area contributed by atoms with Gasteiger partial charge in [-0.3, -0.25) is 0 Å². The van der Waals surface area contributed by atoms with Gasteiger partial charge >= 0.3 is 15.6 Å². The standard InChI is InChI=1S/C20H35FO7P2/c1-16(2)9-7-11-18(5)13-14-20(21,15-19(6)12-8-10-17(3)4)27-30(25,26)28-29(22,23)24/h9-10,13,15H,7-8,11-12,14H2,1-6H3,(H,25,26)(H2,22,23,24)/b18-13+,19-15+. The molecule has 2 unspecified atom stereocenters. The Morgan fingerprint density at radius 3 is 1.77 bits per heavy atom. The lowest BCUT2D eigenvalue weighted by Crippen LogP contribution is -2.23. The van der Waals surface area contributed by atoms with Crippen molar-refractivity contribution in [3.8, 4) is 0 Å². The van der Waals surface area contributed by atoms with Gasteiger partial charge in [-0.25, -0.2) is 18.0 Å². The lowest BCUT2D eigenvalue weighted by atomic mass is 10.0. The molecule has 0 aromatic rings. The molecular weight excluding hydrogens is 433 g/mol. The second-order valence-electron chi connectivity index (χ2n) is 7.80. The third-order valence-corrected chi connectivity index (χ3v) is 6.06. The van der Waals surface area contributed by atoms with Crippen molar-refractivity contribution < 1.29 is 37.0 Å². The van der Waals surface area contributed by atoms with Crippen molar-refractivity contribution >= 4 is 15.6 Å². The van der Waals surface area contributed by atoms with E-state index in [9.17, 15) is 14.0 Å². The van der Waals surface area contributed by atoms with Crippen molar-refractivity contribution in [3.05, 3.63) is 46.6 Å². The number of halogens is 1. The van der Waals surface area contributed by atoms with Gasteiger partial charge in [0.05, 0.1) is 0 Å². The van der Waals surface area contributed by atoms with Crippen LogP contribution >= 0.6 is 15.6 Å². The van der Waals surface area contributed by atoms with Gasteiger partial charge in [0.2, 0.25) is 5.85 Å². The topological polar surface area (TPSA) is 113 Å². The first-order chi connectivity index (χ1) is 13.5. The maximum absolute atomic E-state index is 15.5. The summed E-state index contributed by atoms with van der Waals surface area (Å²) in [5.41, 5.74) is 3.67. The van der Waals surface area contributed by atoms with E-state index in [0.29, 0.717) is 24.8 Å². The van der Waals surface area contributed by atoms with E-state index in [2.05, 4.69) is 8.83 Å². The van der Waals surface area contributed by atoms with Gasteiger partial charge in [-0.1, -0.05) is 40.5 Å². The first kappa shape index (κ1) is 29.1. The highest BCUT2D eigenvalue weighted by Crippen LogP contribution is 2.60. The van der Waals surface area contributed by atoms with E-state index in [-0.39, 0.29) is 0 Å². The molecule has 0 saturated heterocycles. The minimum absolute atomic E-state index is 0.414. The second-order valence-corrected chi connectivity index (χ2v) is 10.6. The molecule has 0 aliphatic heterocycles. The van der Waals surface area contributed by atoms with Crippen LogP contribution in [0.1, 0.15) is 73.6 Å². The first-order valence-corrected chi connectivity index (χ1v) is 12.7. The molecule has 7 nitrogen and oxygen atoms in total. The summed E-state index contributed by atoms with van der Waals surface area (Å²) < 4.78 is 46.6. The van der Waals surface area contributed by atoms with E-state index >= 15 is 4.39 Å². The molecule has 10 heteroatoms. The summed E-state index contributed by atoms with van der Waals surface area (Å²) in [7, 11) is -10.7. The predicted molar refractivity (Wildman–Crippen MR) is 117 cm³/mol. The van der Waals surface area contributed by atoms with E-state index < -0.39 is 27.9 Å². The zero-order chi connectivity index (χ0) is 23.6. The number of rotatable bonds is 13. The summed E-state index contributed by atoms with van der Waals surface area (Å²) in [6.45, 7) is 11.3. The molecule has 0 aliphatic rings. The number of hydrogen-bond acceptors (Lipinski definition) is 4. The van der Waals surface area contributed by atoms with E-state index in [4.69, 9.17) is 9.79 Å². The number of hydrogen-bond donors (Lipinski definition) is 3. The molecule has 0 aromatic heterocycles. The highest BCUT2D eigenvalue weighted by Gasteiger charge is 2.41. The van der Waals surface area contributed by atoms with Gasteiger partial charge in [-0.05, 0) is 73.3 Å². The van der Waals surface area contributed by atoms with Gasteiger partial charge in [0.1, 0.15) is 0 Å². The largest absolute Gasteiger partial charge is 0.484 e. The lowest BCUT2D eigenvalue weighted by molar-refractivity contribution is -0.0344. The van der Waals surface area contributed by atoms with Crippen LogP contribution in [-0.4, -0.2) is 20.5 Å². The number of allylic oxidation sites excluding steroid dienone is 6. The average Bonchev–Trinajstić information content (AvgIpc) is 2.49. The molecule has 0 bridgehead atoms. The molecule has 0 aliphatic carbocycles. The summed E-state index contributed by atoms with van der Waals surface area (Å²) in [4.78, 5) is 27.2. The zero-order valence-corrected chi connectivity index (χ0v) is 20.4. The summed E-state index contributed by atoms with van der Waals surface area (Å²) in [5, 5.41) is 0. The van der Waals surface area contributed by atoms with Crippen molar-refractivity contribution in [2.24, 2.45) is 0 Å². The molecule has 0 aromatic carbocycles. The molecule has 2 atom stereocenters. The monoisotopic (exact) mass is 468 g/mol. The van der Waals surface area contributed by atoms with Gasteiger partial charge in [-0.15, -0.1) is 0 Å². The zero-order valence-electron chi connectivity index (χ0n) is 18.6. The van der Waals surface area contributed by atoms with Crippen LogP contribution in [-0.2, 0) is 18.0 Å². The van der Waals surface area contributed by atoms with E-state index in [1.54, 1.807) is 13.8 Å². The Hall–Kier alpha value is -0.850. The Kier molecular flexibility index (Phi) is 12.5. The SMILES string of the molecule is CC(C)=CCC/C(C)=C/CC(F)(/C=C(\C)CCC=C(C)C)OP(=O)(O)OP(=O)(O)O. The molecular formula is C20H35FO7P2. The molecule has 0 radical (unpaired) electrons. The van der Waals surface area contributed by atoms with Crippen molar-refractivity contribution in [1.82, 2.24) is 0 Å². The summed E-state index contributed by atoms with van der Waals surface area (Å²) >= 11 is 0. The van der Waals surface area contributed by atoms with Crippen LogP contribution in [0.25, 0.3) is 0 Å². The summed E-state index contributed by atoms with van der Waals surface area (Å²) in [5.74, 6) is -2.77. The van der Waals surface area contributed by atoms with Gasteiger partial charge < -0.3 is 14.7 Å². The molecule has 174 valence electrons. The first-order valence-electron chi connectivity index (χ1n) is 9.63. The minimum atomic E-state index is -5.36. The molecule has 0 spiro atoms. The van der Waals surface area contributed by atoms with Crippen LogP contribution in [0, 0.1) is 0 Å². The Morgan fingerprint density at radius 1 is 0.867 bits per heavy atom. The normalized spacial score (nSPS) is 17.1. The molecule has 30 heavy (non-hydrogen) atoms. The predicted octanol–water partition coefficient (Wildman–Crippen LogP) is 6.65. The quantitative estimate of drug-likeness (QED) is 0.205. The van der Waals surface area contributed by atoms with E-state index in [1.807, 2.05) is 39.8 Å². The Labute approximate surface area is 179 Å². The van der Waals surface area contributed by atoms with Crippen LogP contribution in [0.3, 0.4) is 0 Å². The number of alkyl halides is 1. The maximum atomic E-state index is 15.5. The van der Waals surface area contributed by atoms with E-state index in [1.165, 1.54) is 6.08 Å². The smallest absolute Gasteiger partial charge is 0.302 e. The second kappa shape index (κ2) is 12.9. The Balaban J connectivity index is 5.57. The molecule has 0 saturated carbocycles. The summed E-state index contributed by atoms with van der Waals surface area (Å²) in [6, 6.07) is 0. The van der Waals surface area contributed by atoms with Gasteiger partial charge in [0, 0.05) is 6.42 Å². The van der Waals surface area contributed by atoms with Crippen molar-refractivity contribution in [1.29, 1.82) is 0 Å². The number of phosphoric ester groups is 1. The molecule has 0 amide bonds. The highest BCUT2D eigenvalue weighted by molar-refractivity contribution is 7.60. The molecule has 0 fully saturated rings. The van der Waals surface area contributed by atoms with Crippen LogP contribution in [0.5, 0.6) is 0 Å². The Bertz CT molecular complexity index is 772. The van der Waals surface area contributed by atoms with E-state index in [0.717, 1.165) is 29.2 Å². The maximum Gasteiger partial charge on any atom is 0.484 e. The van der Waals surface area contributed by atoms with Gasteiger partial charge in [0.25, 0.3) is 0 Å². The van der Waals surface area contributed by atoms with Gasteiger partial charge in [0.15, 0.2) is 0 Å². The fourth-order valence-electron chi connectivity index (χ4n) is 2.50. The molecule has 0 heterocycles. The molecule has 3 N–H and O–H groups in total. The number of phosphoric acid groups is 2. The van der Waals surface area contributed by atoms with Crippen molar-refractivity contribution in [2.45, 2.75) is 79.5 Å².